The third-order valence-electron chi connectivity index (χ3n) is 19.4. The van der Waals surface area contributed by atoms with Crippen LogP contribution in [0.3, 0.4) is 0 Å². The molecule has 0 aromatic carbocycles. The second-order valence-electron chi connectivity index (χ2n) is 28.5. The zero-order chi connectivity index (χ0) is 72.2. The number of rotatable bonds is 68. The lowest BCUT2D eigenvalue weighted by Crippen LogP contribution is -2.65. The average molecular weight is 1410 g/mol. The van der Waals surface area contributed by atoms with Crippen molar-refractivity contribution < 1.29 is 64.6 Å². The van der Waals surface area contributed by atoms with Gasteiger partial charge in [0, 0.05) is 6.42 Å². The van der Waals surface area contributed by atoms with E-state index in [1.807, 2.05) is 6.08 Å². The highest BCUT2D eigenvalue weighted by atomic mass is 16.7. The molecular weight excluding hydrogens is 1250 g/mol. The standard InChI is InChI=1S/C86H151NO13/c1-3-5-7-9-11-13-15-17-19-21-23-25-27-29-31-32-33-34-35-36-37-38-39-40-41-42-44-46-48-50-52-54-56-58-60-62-64-66-68-70-78(91)87-74(73-97-85-83(96)81(94)84(77(72-89)99-85)100-86-82(95)80(93)79(92)76(71-88)98-86)75(90)69-67-65-63-61-59-57-55-53-51-49-47-45-43-30-28-26-24-22-20-18-16-14-12-10-8-6-4-2/h5,7,11,13,17,19,23,25,29,31,33-34,36-37,59,61,67,69,74-77,79-86,88-90,92-96H,3-4,6,8-10,12,14-16,18,20-22,24,26-28,30,32,35,38-58,60,62-66,68,70-73H2,1-2H3,(H,87,91)/b7-5-,13-11-,19-17-,25-23-,31-29-,34-33-,37-36-,61-59+,69-67+. The van der Waals surface area contributed by atoms with Crippen molar-refractivity contribution in [1.82, 2.24) is 5.32 Å². The van der Waals surface area contributed by atoms with Crippen molar-refractivity contribution in [2.45, 2.75) is 408 Å². The molecule has 0 spiro atoms. The Labute approximate surface area is 610 Å². The lowest BCUT2D eigenvalue weighted by Gasteiger charge is -2.46. The molecule has 14 nitrogen and oxygen atoms in total. The molecule has 12 unspecified atom stereocenters. The second kappa shape index (κ2) is 68.7. The van der Waals surface area contributed by atoms with Crippen LogP contribution < -0.4 is 5.32 Å². The average Bonchev–Trinajstić information content (AvgIpc) is 0.796. The minimum atomic E-state index is -1.80. The summed E-state index contributed by atoms with van der Waals surface area (Å²) in [5, 5.41) is 87.7. The SMILES string of the molecule is CC/C=C\C/C=C\C/C=C\C/C=C\C/C=C\C/C=C\C/C=C\CCCCCCCCCCCCCCCCCCCC(=O)NC(COC1OC(CO)C(OC2OC(CO)C(O)C(O)C2O)C(O)C1O)C(O)/C=C/CC/C=C/CCCCCCCCCCCCCCCCCCCCCCC. The van der Waals surface area contributed by atoms with E-state index in [0.29, 0.717) is 12.8 Å². The van der Waals surface area contributed by atoms with Gasteiger partial charge in [0.2, 0.25) is 5.91 Å². The fraction of sp³-hybridized carbons (Fsp3) is 0.779. The van der Waals surface area contributed by atoms with E-state index >= 15 is 0 Å². The summed E-state index contributed by atoms with van der Waals surface area (Å²) in [5.74, 6) is -0.247. The Bertz CT molecular complexity index is 2100. The van der Waals surface area contributed by atoms with E-state index in [0.717, 1.165) is 77.0 Å². The van der Waals surface area contributed by atoms with Gasteiger partial charge in [0.05, 0.1) is 32.0 Å². The largest absolute Gasteiger partial charge is 0.394 e. The molecule has 9 N–H and O–H groups in total. The van der Waals surface area contributed by atoms with E-state index in [1.54, 1.807) is 6.08 Å². The Morgan fingerprint density at radius 1 is 0.370 bits per heavy atom. The first-order valence-corrected chi connectivity index (χ1v) is 41.1. The van der Waals surface area contributed by atoms with Crippen LogP contribution in [0.15, 0.2) is 109 Å². The molecule has 2 aliphatic rings. The van der Waals surface area contributed by atoms with Gasteiger partial charge in [0.1, 0.15) is 48.8 Å². The summed E-state index contributed by atoms with van der Waals surface area (Å²) < 4.78 is 22.9. The predicted molar refractivity (Wildman–Crippen MR) is 415 cm³/mol. The normalized spacial score (nSPS) is 22.4. The number of carbonyl (C=O) groups excluding carboxylic acids is 1. The highest BCUT2D eigenvalue weighted by Gasteiger charge is 2.51. The third kappa shape index (κ3) is 50.9. The van der Waals surface area contributed by atoms with E-state index < -0.39 is 86.8 Å². The summed E-state index contributed by atoms with van der Waals surface area (Å²) >= 11 is 0. The molecule has 0 bridgehead atoms. The van der Waals surface area contributed by atoms with Gasteiger partial charge in [-0.05, 0) is 89.9 Å². The van der Waals surface area contributed by atoms with Gasteiger partial charge in [-0.15, -0.1) is 0 Å². The van der Waals surface area contributed by atoms with Crippen LogP contribution in [-0.2, 0) is 23.7 Å². The van der Waals surface area contributed by atoms with Crippen LogP contribution in [0.5, 0.6) is 0 Å². The van der Waals surface area contributed by atoms with Crippen molar-refractivity contribution in [3.63, 3.8) is 0 Å². The first-order chi connectivity index (χ1) is 49.1. The van der Waals surface area contributed by atoms with Crippen LogP contribution in [0.2, 0.25) is 0 Å². The number of hydrogen-bond donors (Lipinski definition) is 9. The Kier molecular flexibility index (Phi) is 63.7. The molecule has 0 aromatic heterocycles. The molecule has 578 valence electrons. The molecule has 2 saturated heterocycles. The van der Waals surface area contributed by atoms with Gasteiger partial charge >= 0.3 is 0 Å². The summed E-state index contributed by atoms with van der Waals surface area (Å²) in [6.07, 6.45) is 83.2. The predicted octanol–water partition coefficient (Wildman–Crippen LogP) is 19.0. The Morgan fingerprint density at radius 2 is 0.700 bits per heavy atom. The number of aliphatic hydroxyl groups is 8. The monoisotopic (exact) mass is 1410 g/mol. The number of allylic oxidation sites excluding steroid dienone is 17. The van der Waals surface area contributed by atoms with Gasteiger partial charge in [-0.3, -0.25) is 4.79 Å². The van der Waals surface area contributed by atoms with Gasteiger partial charge < -0.3 is 65.1 Å². The molecule has 1 amide bonds. The van der Waals surface area contributed by atoms with Crippen LogP contribution in [0, 0.1) is 0 Å². The number of amides is 1. The van der Waals surface area contributed by atoms with Gasteiger partial charge in [-0.2, -0.15) is 0 Å². The van der Waals surface area contributed by atoms with E-state index in [9.17, 15) is 45.6 Å². The fourth-order valence-corrected chi connectivity index (χ4v) is 13.0. The molecular formula is C86H151NO13. The van der Waals surface area contributed by atoms with Crippen LogP contribution in [0.4, 0.5) is 0 Å². The van der Waals surface area contributed by atoms with Crippen molar-refractivity contribution in [1.29, 1.82) is 0 Å². The van der Waals surface area contributed by atoms with Crippen molar-refractivity contribution in [2.75, 3.05) is 19.8 Å². The Balaban J connectivity index is 1.61. The van der Waals surface area contributed by atoms with Gasteiger partial charge in [0.15, 0.2) is 12.6 Å². The fourth-order valence-electron chi connectivity index (χ4n) is 13.0. The number of aliphatic hydroxyl groups excluding tert-OH is 8. The molecule has 0 radical (unpaired) electrons. The summed E-state index contributed by atoms with van der Waals surface area (Å²) in [5.41, 5.74) is 0. The second-order valence-corrected chi connectivity index (χ2v) is 28.5. The van der Waals surface area contributed by atoms with E-state index in [4.69, 9.17) is 18.9 Å². The summed E-state index contributed by atoms with van der Waals surface area (Å²) in [6.45, 7) is 2.71. The first kappa shape index (κ1) is 92.7. The zero-order valence-corrected chi connectivity index (χ0v) is 63.4. The van der Waals surface area contributed by atoms with E-state index in [-0.39, 0.29) is 18.9 Å². The summed E-state index contributed by atoms with van der Waals surface area (Å²) in [7, 11) is 0. The maximum absolute atomic E-state index is 13.4. The lowest BCUT2D eigenvalue weighted by atomic mass is 9.97. The topological polar surface area (TPSA) is 228 Å². The summed E-state index contributed by atoms with van der Waals surface area (Å²) in [6, 6.07) is -0.938. The quantitative estimate of drug-likeness (QED) is 0.0204. The van der Waals surface area contributed by atoms with Gasteiger partial charge in [-0.1, -0.05) is 348 Å². The van der Waals surface area contributed by atoms with Crippen LogP contribution in [0.1, 0.15) is 335 Å². The molecule has 0 aliphatic carbocycles. The van der Waals surface area contributed by atoms with E-state index in [1.165, 1.54) is 225 Å². The van der Waals surface area contributed by atoms with Crippen molar-refractivity contribution >= 4 is 5.91 Å². The highest BCUT2D eigenvalue weighted by molar-refractivity contribution is 5.76. The van der Waals surface area contributed by atoms with Crippen molar-refractivity contribution in [3.05, 3.63) is 109 Å². The number of ether oxygens (including phenoxy) is 4. The molecule has 12 atom stereocenters. The van der Waals surface area contributed by atoms with Crippen LogP contribution >= 0.6 is 0 Å². The molecule has 0 saturated carbocycles. The Hall–Kier alpha value is -3.35. The van der Waals surface area contributed by atoms with Gasteiger partial charge in [-0.25, -0.2) is 0 Å². The Morgan fingerprint density at radius 3 is 1.10 bits per heavy atom. The summed E-state index contributed by atoms with van der Waals surface area (Å²) in [4.78, 5) is 13.4. The minimum absolute atomic E-state index is 0.247. The minimum Gasteiger partial charge on any atom is -0.394 e. The number of carbonyl (C=O) groups is 1. The lowest BCUT2D eigenvalue weighted by molar-refractivity contribution is -0.359. The third-order valence-corrected chi connectivity index (χ3v) is 19.4. The smallest absolute Gasteiger partial charge is 0.220 e. The molecule has 100 heavy (non-hydrogen) atoms. The number of nitrogens with one attached hydrogen (secondary N) is 1. The molecule has 2 fully saturated rings. The maximum Gasteiger partial charge on any atom is 0.220 e. The van der Waals surface area contributed by atoms with Crippen molar-refractivity contribution in [3.8, 4) is 0 Å². The van der Waals surface area contributed by atoms with Gasteiger partial charge in [0.25, 0.3) is 0 Å². The van der Waals surface area contributed by atoms with Crippen LogP contribution in [0.25, 0.3) is 0 Å². The van der Waals surface area contributed by atoms with E-state index in [2.05, 4.69) is 116 Å². The molecule has 2 aliphatic heterocycles. The molecule has 0 aromatic rings. The number of hydrogen-bond acceptors (Lipinski definition) is 13. The molecule has 14 heteroatoms. The van der Waals surface area contributed by atoms with Crippen LogP contribution in [-0.4, -0.2) is 140 Å². The highest BCUT2D eigenvalue weighted by Crippen LogP contribution is 2.30. The zero-order valence-electron chi connectivity index (χ0n) is 63.4. The first-order valence-electron chi connectivity index (χ1n) is 41.1. The molecule has 2 rings (SSSR count). The molecule has 2 heterocycles. The van der Waals surface area contributed by atoms with Crippen molar-refractivity contribution in [2.24, 2.45) is 0 Å². The maximum atomic E-state index is 13.4. The number of unbranched alkanes of at least 4 members (excludes halogenated alkanes) is 39.